The van der Waals surface area contributed by atoms with Gasteiger partial charge in [0.1, 0.15) is 5.75 Å². The molecule has 3 N–H and O–H groups in total. The summed E-state index contributed by atoms with van der Waals surface area (Å²) in [6, 6.07) is 13.6. The molecule has 1 amide bonds. The molecule has 5 heteroatoms. The molecule has 0 saturated heterocycles. The lowest BCUT2D eigenvalue weighted by Gasteiger charge is -2.07. The lowest BCUT2D eigenvalue weighted by molar-refractivity contribution is -0.114. The van der Waals surface area contributed by atoms with Gasteiger partial charge in [0.2, 0.25) is 5.91 Å². The lowest BCUT2D eigenvalue weighted by atomic mass is 10.1. The number of hydrogen-bond acceptors (Lipinski definition) is 4. The Morgan fingerprint density at radius 2 is 1.86 bits per heavy atom. The van der Waals surface area contributed by atoms with Crippen molar-refractivity contribution in [2.75, 3.05) is 17.7 Å². The Kier molecular flexibility index (Phi) is 4.56. The number of Topliss-reactive ketones (excluding diaryl/α,β-unsaturated/α-hetero) is 1. The summed E-state index contributed by atoms with van der Waals surface area (Å²) in [5, 5.41) is 2.64. The third kappa shape index (κ3) is 4.35. The number of carbonyl (C=O) groups excluding carboxylic acids is 2. The van der Waals surface area contributed by atoms with Gasteiger partial charge in [-0.05, 0) is 36.4 Å². The van der Waals surface area contributed by atoms with E-state index in [0.717, 1.165) is 0 Å². The van der Waals surface area contributed by atoms with Crippen molar-refractivity contribution in [3.8, 4) is 5.75 Å². The summed E-state index contributed by atoms with van der Waals surface area (Å²) < 4.78 is 5.40. The highest BCUT2D eigenvalue weighted by Crippen LogP contribution is 2.15. The number of nitrogens with two attached hydrogens (primary N) is 1. The Bertz CT molecular complexity index is 651. The molecule has 0 aliphatic rings. The van der Waals surface area contributed by atoms with Crippen LogP contribution in [0.1, 0.15) is 17.3 Å². The molecule has 2 aromatic rings. The van der Waals surface area contributed by atoms with E-state index in [-0.39, 0.29) is 18.3 Å². The van der Waals surface area contributed by atoms with E-state index in [1.807, 2.05) is 0 Å². The molecule has 0 unspecified atom stereocenters. The molecule has 0 spiro atoms. The quantitative estimate of drug-likeness (QED) is 0.653. The minimum absolute atomic E-state index is 0.0665. The van der Waals surface area contributed by atoms with Crippen LogP contribution in [0.5, 0.6) is 5.75 Å². The molecule has 0 aliphatic carbocycles. The highest BCUT2D eigenvalue weighted by atomic mass is 16.5. The normalized spacial score (nSPS) is 9.95. The molecule has 2 rings (SSSR count). The van der Waals surface area contributed by atoms with Gasteiger partial charge in [-0.3, -0.25) is 9.59 Å². The van der Waals surface area contributed by atoms with E-state index in [9.17, 15) is 9.59 Å². The summed E-state index contributed by atoms with van der Waals surface area (Å²) in [6.45, 7) is 1.36. The first-order chi connectivity index (χ1) is 10.0. The Morgan fingerprint density at radius 1 is 1.14 bits per heavy atom. The maximum Gasteiger partial charge on any atom is 0.221 e. The van der Waals surface area contributed by atoms with Crippen molar-refractivity contribution in [3.05, 3.63) is 54.1 Å². The number of carbonyl (C=O) groups is 2. The predicted molar refractivity (Wildman–Crippen MR) is 81.4 cm³/mol. The third-order valence-electron chi connectivity index (χ3n) is 2.76. The SMILES string of the molecule is CC(=O)Nc1ccc(C(=O)COc2cccc(N)c2)cc1. The monoisotopic (exact) mass is 284 g/mol. The van der Waals surface area contributed by atoms with Gasteiger partial charge in [0.25, 0.3) is 0 Å². The first-order valence-corrected chi connectivity index (χ1v) is 6.44. The van der Waals surface area contributed by atoms with Gasteiger partial charge in [0, 0.05) is 29.9 Å². The van der Waals surface area contributed by atoms with Crippen LogP contribution in [0.2, 0.25) is 0 Å². The van der Waals surface area contributed by atoms with Gasteiger partial charge in [0.05, 0.1) is 0 Å². The number of amides is 1. The van der Waals surface area contributed by atoms with Crippen LogP contribution in [0.25, 0.3) is 0 Å². The molecule has 2 aromatic carbocycles. The van der Waals surface area contributed by atoms with Crippen LogP contribution in [0.15, 0.2) is 48.5 Å². The van der Waals surface area contributed by atoms with E-state index in [0.29, 0.717) is 22.7 Å². The zero-order chi connectivity index (χ0) is 15.2. The van der Waals surface area contributed by atoms with Crippen LogP contribution in [-0.4, -0.2) is 18.3 Å². The maximum absolute atomic E-state index is 12.0. The second-order valence-electron chi connectivity index (χ2n) is 4.54. The van der Waals surface area contributed by atoms with Crippen LogP contribution in [0.3, 0.4) is 0 Å². The minimum atomic E-state index is -0.154. The molecule has 0 atom stereocenters. The molecule has 5 nitrogen and oxygen atoms in total. The second kappa shape index (κ2) is 6.56. The minimum Gasteiger partial charge on any atom is -0.485 e. The van der Waals surface area contributed by atoms with Crippen molar-refractivity contribution < 1.29 is 14.3 Å². The van der Waals surface area contributed by atoms with Gasteiger partial charge in [-0.15, -0.1) is 0 Å². The van der Waals surface area contributed by atoms with Crippen LogP contribution in [0, 0.1) is 0 Å². The number of anilines is 2. The number of nitrogens with one attached hydrogen (secondary N) is 1. The molecule has 0 fully saturated rings. The fraction of sp³-hybridized carbons (Fsp3) is 0.125. The molecule has 0 radical (unpaired) electrons. The summed E-state index contributed by atoms with van der Waals surface area (Å²) in [5.74, 6) is 0.254. The summed E-state index contributed by atoms with van der Waals surface area (Å²) >= 11 is 0. The van der Waals surface area contributed by atoms with E-state index in [1.165, 1.54) is 6.92 Å². The Balaban J connectivity index is 1.95. The largest absolute Gasteiger partial charge is 0.485 e. The molecule has 108 valence electrons. The smallest absolute Gasteiger partial charge is 0.221 e. The summed E-state index contributed by atoms with van der Waals surface area (Å²) in [7, 11) is 0. The third-order valence-corrected chi connectivity index (χ3v) is 2.76. The average Bonchev–Trinajstić information content (AvgIpc) is 2.45. The van der Waals surface area contributed by atoms with Crippen LogP contribution in [0.4, 0.5) is 11.4 Å². The van der Waals surface area contributed by atoms with E-state index in [1.54, 1.807) is 48.5 Å². The topological polar surface area (TPSA) is 81.4 Å². The number of rotatable bonds is 5. The van der Waals surface area contributed by atoms with Crippen molar-refractivity contribution in [1.29, 1.82) is 0 Å². The zero-order valence-electron chi connectivity index (χ0n) is 11.6. The number of benzene rings is 2. The maximum atomic E-state index is 12.0. The number of nitrogen functional groups attached to an aromatic ring is 1. The lowest BCUT2D eigenvalue weighted by Crippen LogP contribution is -2.12. The molecule has 0 aromatic heterocycles. The number of ether oxygens (including phenoxy) is 1. The van der Waals surface area contributed by atoms with Gasteiger partial charge < -0.3 is 15.8 Å². The van der Waals surface area contributed by atoms with Gasteiger partial charge in [-0.2, -0.15) is 0 Å². The summed E-state index contributed by atoms with van der Waals surface area (Å²) in [4.78, 5) is 22.9. The Labute approximate surface area is 122 Å². The van der Waals surface area contributed by atoms with Crippen LogP contribution >= 0.6 is 0 Å². The van der Waals surface area contributed by atoms with Gasteiger partial charge >= 0.3 is 0 Å². The van der Waals surface area contributed by atoms with Crippen molar-refractivity contribution in [2.24, 2.45) is 0 Å². The molecule has 0 bridgehead atoms. The molecule has 21 heavy (non-hydrogen) atoms. The summed E-state index contributed by atoms with van der Waals surface area (Å²) in [5.41, 5.74) is 7.39. The van der Waals surface area contributed by atoms with Crippen LogP contribution < -0.4 is 15.8 Å². The van der Waals surface area contributed by atoms with E-state index >= 15 is 0 Å². The zero-order valence-corrected chi connectivity index (χ0v) is 11.6. The standard InChI is InChI=1S/C16H16N2O3/c1-11(19)18-14-7-5-12(6-8-14)16(20)10-21-15-4-2-3-13(17)9-15/h2-9H,10,17H2,1H3,(H,18,19). The summed E-state index contributed by atoms with van der Waals surface area (Å²) in [6.07, 6.45) is 0. The van der Waals surface area contributed by atoms with Gasteiger partial charge in [-0.25, -0.2) is 0 Å². The van der Waals surface area contributed by atoms with Gasteiger partial charge in [0.15, 0.2) is 12.4 Å². The molecule has 0 heterocycles. The fourth-order valence-electron chi connectivity index (χ4n) is 1.78. The Hall–Kier alpha value is -2.82. The van der Waals surface area contributed by atoms with Crippen molar-refractivity contribution in [1.82, 2.24) is 0 Å². The molecular weight excluding hydrogens is 268 g/mol. The predicted octanol–water partition coefficient (Wildman–Crippen LogP) is 2.49. The van der Waals surface area contributed by atoms with Gasteiger partial charge in [-0.1, -0.05) is 6.07 Å². The Morgan fingerprint density at radius 3 is 2.48 bits per heavy atom. The number of hydrogen-bond donors (Lipinski definition) is 2. The molecule has 0 saturated carbocycles. The number of ketones is 1. The van der Waals surface area contributed by atoms with E-state index < -0.39 is 0 Å². The highest BCUT2D eigenvalue weighted by Gasteiger charge is 2.07. The van der Waals surface area contributed by atoms with Crippen molar-refractivity contribution in [3.63, 3.8) is 0 Å². The second-order valence-corrected chi connectivity index (χ2v) is 4.54. The van der Waals surface area contributed by atoms with E-state index in [2.05, 4.69) is 5.32 Å². The average molecular weight is 284 g/mol. The van der Waals surface area contributed by atoms with E-state index in [4.69, 9.17) is 10.5 Å². The van der Waals surface area contributed by atoms with Crippen LogP contribution in [-0.2, 0) is 4.79 Å². The van der Waals surface area contributed by atoms with Crippen molar-refractivity contribution in [2.45, 2.75) is 6.92 Å². The molecule has 0 aliphatic heterocycles. The fourth-order valence-corrected chi connectivity index (χ4v) is 1.78. The first-order valence-electron chi connectivity index (χ1n) is 6.44. The first kappa shape index (κ1) is 14.6. The van der Waals surface area contributed by atoms with Crippen molar-refractivity contribution >= 4 is 23.1 Å². The highest BCUT2D eigenvalue weighted by molar-refractivity contribution is 5.98. The molecular formula is C16H16N2O3.